The number of aliphatic hydroxyl groups is 1. The van der Waals surface area contributed by atoms with Crippen LogP contribution in [-0.4, -0.2) is 30.3 Å². The average molecular weight is 303 g/mol. The summed E-state index contributed by atoms with van der Waals surface area (Å²) in [5.41, 5.74) is 0.762. The van der Waals surface area contributed by atoms with E-state index >= 15 is 0 Å². The van der Waals surface area contributed by atoms with Crippen LogP contribution in [0.5, 0.6) is 5.75 Å². The molecule has 0 spiro atoms. The molecule has 1 aliphatic rings. The van der Waals surface area contributed by atoms with E-state index < -0.39 is 0 Å². The summed E-state index contributed by atoms with van der Waals surface area (Å²) in [4.78, 5) is 12.0. The van der Waals surface area contributed by atoms with Crippen molar-refractivity contribution >= 4 is 12.0 Å². The van der Waals surface area contributed by atoms with Gasteiger partial charge in [-0.05, 0) is 43.5 Å². The zero-order chi connectivity index (χ0) is 16.0. The molecule has 0 aliphatic heterocycles. The molecule has 4 heteroatoms. The molecule has 0 heterocycles. The van der Waals surface area contributed by atoms with E-state index in [9.17, 15) is 9.90 Å². The highest BCUT2D eigenvalue weighted by Gasteiger charge is 2.38. The lowest BCUT2D eigenvalue weighted by atomic mass is 9.86. The lowest BCUT2D eigenvalue weighted by molar-refractivity contribution is -0.117. The van der Waals surface area contributed by atoms with E-state index in [0.717, 1.165) is 30.6 Å². The van der Waals surface area contributed by atoms with Crippen LogP contribution in [0.4, 0.5) is 0 Å². The summed E-state index contributed by atoms with van der Waals surface area (Å²) >= 11 is 0. The molecule has 0 saturated heterocycles. The number of rotatable bonds is 6. The lowest BCUT2D eigenvalue weighted by Gasteiger charge is -2.29. The number of hydrogen-bond donors (Lipinski definition) is 2. The van der Waals surface area contributed by atoms with Gasteiger partial charge in [0.05, 0.1) is 13.2 Å². The van der Waals surface area contributed by atoms with Crippen molar-refractivity contribution < 1.29 is 14.6 Å². The molecule has 4 nitrogen and oxygen atoms in total. The normalized spacial score (nSPS) is 24.6. The number of hydrogen-bond acceptors (Lipinski definition) is 3. The zero-order valence-electron chi connectivity index (χ0n) is 13.3. The van der Waals surface area contributed by atoms with E-state index in [1.165, 1.54) is 0 Å². The first-order valence-electron chi connectivity index (χ1n) is 7.90. The summed E-state index contributed by atoms with van der Waals surface area (Å²) in [6.07, 6.45) is 6.27. The van der Waals surface area contributed by atoms with Crippen molar-refractivity contribution in [3.8, 4) is 5.75 Å². The van der Waals surface area contributed by atoms with Crippen LogP contribution in [-0.2, 0) is 4.79 Å². The van der Waals surface area contributed by atoms with Gasteiger partial charge in [-0.25, -0.2) is 0 Å². The highest BCUT2D eigenvalue weighted by atomic mass is 16.5. The molecule has 2 N–H and O–H groups in total. The highest BCUT2D eigenvalue weighted by molar-refractivity contribution is 5.92. The van der Waals surface area contributed by atoms with Crippen molar-refractivity contribution in [2.75, 3.05) is 13.2 Å². The van der Waals surface area contributed by atoms with Crippen LogP contribution in [0.25, 0.3) is 6.08 Å². The first-order valence-corrected chi connectivity index (χ1v) is 7.90. The van der Waals surface area contributed by atoms with Crippen molar-refractivity contribution in [2.45, 2.75) is 39.2 Å². The third-order valence-electron chi connectivity index (χ3n) is 4.38. The number of benzene rings is 1. The molecule has 0 bridgehead atoms. The number of aliphatic hydroxyl groups excluding tert-OH is 1. The van der Waals surface area contributed by atoms with Gasteiger partial charge >= 0.3 is 0 Å². The topological polar surface area (TPSA) is 58.6 Å². The molecular formula is C18H25NO3. The third-order valence-corrected chi connectivity index (χ3v) is 4.38. The fourth-order valence-electron chi connectivity index (χ4n) is 2.90. The predicted molar refractivity (Wildman–Crippen MR) is 87.6 cm³/mol. The number of nitrogens with one attached hydrogen (secondary N) is 1. The number of carbonyl (C=O) groups is 1. The van der Waals surface area contributed by atoms with E-state index in [2.05, 4.69) is 5.32 Å². The standard InChI is InChI=1S/C18H25NO3/c1-3-22-15-9-6-14(7-10-15)8-11-17(21)19-16-5-4-12-18(16,2)13-20/h6-11,16,20H,3-5,12-13H2,1-2H3,(H,19,21)/b11-8+. The molecule has 2 atom stereocenters. The minimum atomic E-state index is -0.192. The minimum absolute atomic E-state index is 0.0509. The van der Waals surface area contributed by atoms with E-state index in [0.29, 0.717) is 6.61 Å². The summed E-state index contributed by atoms with van der Waals surface area (Å²) < 4.78 is 5.38. The monoisotopic (exact) mass is 303 g/mol. The van der Waals surface area contributed by atoms with E-state index in [4.69, 9.17) is 4.74 Å². The van der Waals surface area contributed by atoms with Gasteiger partial charge in [-0.1, -0.05) is 25.5 Å². The van der Waals surface area contributed by atoms with Crippen LogP contribution in [0.3, 0.4) is 0 Å². The van der Waals surface area contributed by atoms with Gasteiger partial charge in [-0.15, -0.1) is 0 Å². The Balaban J connectivity index is 1.91. The number of carbonyl (C=O) groups excluding carboxylic acids is 1. The van der Waals surface area contributed by atoms with E-state index in [-0.39, 0.29) is 24.0 Å². The van der Waals surface area contributed by atoms with Crippen molar-refractivity contribution in [1.29, 1.82) is 0 Å². The summed E-state index contributed by atoms with van der Waals surface area (Å²) in [5.74, 6) is 0.717. The van der Waals surface area contributed by atoms with Gasteiger partial charge in [-0.3, -0.25) is 4.79 Å². The molecule has 2 unspecified atom stereocenters. The number of ether oxygens (including phenoxy) is 1. The Morgan fingerprint density at radius 3 is 2.82 bits per heavy atom. The fraction of sp³-hybridized carbons (Fsp3) is 0.500. The quantitative estimate of drug-likeness (QED) is 0.795. The van der Waals surface area contributed by atoms with Crippen molar-refractivity contribution in [3.05, 3.63) is 35.9 Å². The summed E-state index contributed by atoms with van der Waals surface area (Å²) in [6.45, 7) is 4.73. The van der Waals surface area contributed by atoms with Crippen LogP contribution in [0.2, 0.25) is 0 Å². The molecule has 1 aromatic rings. The lowest BCUT2D eigenvalue weighted by Crippen LogP contribution is -2.44. The first kappa shape index (κ1) is 16.6. The highest BCUT2D eigenvalue weighted by Crippen LogP contribution is 2.37. The second-order valence-corrected chi connectivity index (χ2v) is 6.10. The van der Waals surface area contributed by atoms with Gasteiger partial charge < -0.3 is 15.2 Å². The van der Waals surface area contributed by atoms with Crippen LogP contribution in [0.1, 0.15) is 38.7 Å². The van der Waals surface area contributed by atoms with Gasteiger partial charge in [0.25, 0.3) is 0 Å². The Bertz CT molecular complexity index is 524. The molecule has 22 heavy (non-hydrogen) atoms. The summed E-state index contributed by atoms with van der Waals surface area (Å²) in [6, 6.07) is 7.67. The second-order valence-electron chi connectivity index (χ2n) is 6.10. The molecule has 1 saturated carbocycles. The van der Waals surface area contributed by atoms with E-state index in [1.807, 2.05) is 38.1 Å². The first-order chi connectivity index (χ1) is 10.6. The van der Waals surface area contributed by atoms with E-state index in [1.54, 1.807) is 12.2 Å². The average Bonchev–Trinajstić information content (AvgIpc) is 2.88. The Hall–Kier alpha value is -1.81. The Labute approximate surface area is 132 Å². The fourth-order valence-corrected chi connectivity index (χ4v) is 2.90. The maximum absolute atomic E-state index is 12.0. The smallest absolute Gasteiger partial charge is 0.244 e. The van der Waals surface area contributed by atoms with Crippen molar-refractivity contribution in [1.82, 2.24) is 5.32 Å². The van der Waals surface area contributed by atoms with Gasteiger partial charge in [0, 0.05) is 17.5 Å². The summed E-state index contributed by atoms with van der Waals surface area (Å²) in [5, 5.41) is 12.5. The van der Waals surface area contributed by atoms with Gasteiger partial charge in [0.1, 0.15) is 5.75 Å². The van der Waals surface area contributed by atoms with Crippen LogP contribution in [0.15, 0.2) is 30.3 Å². The maximum Gasteiger partial charge on any atom is 0.244 e. The van der Waals surface area contributed by atoms with Crippen LogP contribution in [0, 0.1) is 5.41 Å². The molecular weight excluding hydrogens is 278 g/mol. The molecule has 1 aliphatic carbocycles. The molecule has 1 amide bonds. The second kappa shape index (κ2) is 7.45. The van der Waals surface area contributed by atoms with Crippen LogP contribution >= 0.6 is 0 Å². The molecule has 0 radical (unpaired) electrons. The van der Waals surface area contributed by atoms with Crippen molar-refractivity contribution in [2.24, 2.45) is 5.41 Å². The summed E-state index contributed by atoms with van der Waals surface area (Å²) in [7, 11) is 0. The Morgan fingerprint density at radius 2 is 2.18 bits per heavy atom. The third kappa shape index (κ3) is 4.10. The Kier molecular flexibility index (Phi) is 5.61. The van der Waals surface area contributed by atoms with Crippen LogP contribution < -0.4 is 10.1 Å². The zero-order valence-corrected chi connectivity index (χ0v) is 13.3. The largest absolute Gasteiger partial charge is 0.494 e. The maximum atomic E-state index is 12.0. The molecule has 0 aromatic heterocycles. The molecule has 1 aromatic carbocycles. The minimum Gasteiger partial charge on any atom is -0.494 e. The number of amides is 1. The van der Waals surface area contributed by atoms with Crippen molar-refractivity contribution in [3.63, 3.8) is 0 Å². The van der Waals surface area contributed by atoms with Gasteiger partial charge in [-0.2, -0.15) is 0 Å². The predicted octanol–water partition coefficient (Wildman–Crippen LogP) is 2.77. The van der Waals surface area contributed by atoms with Gasteiger partial charge in [0.15, 0.2) is 0 Å². The molecule has 2 rings (SSSR count). The molecule has 1 fully saturated rings. The Morgan fingerprint density at radius 1 is 1.45 bits per heavy atom. The molecule has 120 valence electrons. The van der Waals surface area contributed by atoms with Gasteiger partial charge in [0.2, 0.25) is 5.91 Å². The SMILES string of the molecule is CCOc1ccc(/C=C/C(=O)NC2CCCC2(C)CO)cc1.